The van der Waals surface area contributed by atoms with Crippen LogP contribution in [0.5, 0.6) is 0 Å². The van der Waals surface area contributed by atoms with E-state index in [1.165, 1.54) is 30.6 Å². The van der Waals surface area contributed by atoms with Crippen molar-refractivity contribution in [3.63, 3.8) is 0 Å². The standard InChI is InChI=1S/C21H27N3O5S2/c1-31(27,28)22-12-11-18-9-10-19(30-18)21(26)29-15-20(25)23-16-5-7-17(8-6-16)24-13-3-2-4-14-24/h5-10,22H,2-4,11-15H2,1H3,(H,23,25). The molecular weight excluding hydrogens is 438 g/mol. The summed E-state index contributed by atoms with van der Waals surface area (Å²) in [5.74, 6) is -0.990. The summed E-state index contributed by atoms with van der Waals surface area (Å²) in [5.41, 5.74) is 1.79. The molecule has 1 aromatic carbocycles. The summed E-state index contributed by atoms with van der Waals surface area (Å²) in [6.07, 6.45) is 5.24. The maximum absolute atomic E-state index is 12.2. The second-order valence-electron chi connectivity index (χ2n) is 7.40. The Kier molecular flexibility index (Phi) is 8.05. The molecule has 2 aromatic rings. The molecule has 0 radical (unpaired) electrons. The van der Waals surface area contributed by atoms with Crippen LogP contribution >= 0.6 is 11.3 Å². The van der Waals surface area contributed by atoms with Crippen molar-refractivity contribution in [2.75, 3.05) is 42.7 Å². The van der Waals surface area contributed by atoms with E-state index in [1.54, 1.807) is 12.1 Å². The van der Waals surface area contributed by atoms with E-state index < -0.39 is 21.9 Å². The third-order valence-electron chi connectivity index (χ3n) is 4.81. The number of amides is 1. The first-order valence-electron chi connectivity index (χ1n) is 10.2. The fraction of sp³-hybridized carbons (Fsp3) is 0.429. The van der Waals surface area contributed by atoms with Crippen molar-refractivity contribution < 1.29 is 22.7 Å². The highest BCUT2D eigenvalue weighted by atomic mass is 32.2. The monoisotopic (exact) mass is 465 g/mol. The van der Waals surface area contributed by atoms with Gasteiger partial charge in [0.2, 0.25) is 10.0 Å². The minimum atomic E-state index is -3.24. The molecule has 8 nitrogen and oxygen atoms in total. The third kappa shape index (κ3) is 7.64. The van der Waals surface area contributed by atoms with E-state index in [-0.39, 0.29) is 13.2 Å². The van der Waals surface area contributed by atoms with Gasteiger partial charge in [0.15, 0.2) is 6.61 Å². The molecule has 168 valence electrons. The zero-order chi connectivity index (χ0) is 22.3. The molecule has 0 unspecified atom stereocenters. The van der Waals surface area contributed by atoms with Crippen LogP contribution in [0.1, 0.15) is 33.8 Å². The number of rotatable bonds is 9. The van der Waals surface area contributed by atoms with E-state index in [9.17, 15) is 18.0 Å². The zero-order valence-electron chi connectivity index (χ0n) is 17.4. The molecule has 2 heterocycles. The predicted octanol–water partition coefficient (Wildman–Crippen LogP) is 2.63. The Morgan fingerprint density at radius 3 is 2.45 bits per heavy atom. The molecule has 1 saturated heterocycles. The Morgan fingerprint density at radius 1 is 1.06 bits per heavy atom. The number of carbonyl (C=O) groups excluding carboxylic acids is 2. The van der Waals surface area contributed by atoms with E-state index in [1.807, 2.05) is 24.3 Å². The van der Waals surface area contributed by atoms with Crippen molar-refractivity contribution in [1.29, 1.82) is 0 Å². The molecule has 0 saturated carbocycles. The molecule has 0 atom stereocenters. The van der Waals surface area contributed by atoms with Gasteiger partial charge in [-0.2, -0.15) is 0 Å². The van der Waals surface area contributed by atoms with Gasteiger partial charge < -0.3 is 15.0 Å². The highest BCUT2D eigenvalue weighted by Gasteiger charge is 2.14. The average molecular weight is 466 g/mol. The number of esters is 1. The number of thiophene rings is 1. The Balaban J connectivity index is 1.42. The summed E-state index contributed by atoms with van der Waals surface area (Å²) in [6, 6.07) is 11.0. The smallest absolute Gasteiger partial charge is 0.348 e. The number of carbonyl (C=O) groups is 2. The van der Waals surface area contributed by atoms with Crippen molar-refractivity contribution in [2.24, 2.45) is 0 Å². The number of sulfonamides is 1. The number of hydrogen-bond donors (Lipinski definition) is 2. The Bertz CT molecular complexity index is 996. The molecule has 0 bridgehead atoms. The molecule has 3 rings (SSSR count). The molecule has 2 N–H and O–H groups in total. The van der Waals surface area contributed by atoms with Gasteiger partial charge in [-0.15, -0.1) is 11.3 Å². The van der Waals surface area contributed by atoms with Gasteiger partial charge in [0, 0.05) is 35.9 Å². The van der Waals surface area contributed by atoms with Crippen molar-refractivity contribution in [3.05, 3.63) is 46.2 Å². The number of nitrogens with zero attached hydrogens (tertiary/aromatic N) is 1. The summed E-state index contributed by atoms with van der Waals surface area (Å²) < 4.78 is 29.7. The molecule has 0 aliphatic carbocycles. The molecule has 31 heavy (non-hydrogen) atoms. The summed E-state index contributed by atoms with van der Waals surface area (Å²) in [6.45, 7) is 1.99. The molecule has 1 aliphatic rings. The highest BCUT2D eigenvalue weighted by Crippen LogP contribution is 2.22. The van der Waals surface area contributed by atoms with Crippen LogP contribution in [0.4, 0.5) is 11.4 Å². The highest BCUT2D eigenvalue weighted by molar-refractivity contribution is 7.88. The van der Waals surface area contributed by atoms with Gasteiger partial charge in [0.1, 0.15) is 4.88 Å². The average Bonchev–Trinajstić information content (AvgIpc) is 3.21. The SMILES string of the molecule is CS(=O)(=O)NCCc1ccc(C(=O)OCC(=O)Nc2ccc(N3CCCCC3)cc2)s1. The van der Waals surface area contributed by atoms with Crippen LogP contribution in [0.15, 0.2) is 36.4 Å². The van der Waals surface area contributed by atoms with E-state index in [4.69, 9.17) is 4.74 Å². The van der Waals surface area contributed by atoms with Crippen molar-refractivity contribution >= 4 is 44.6 Å². The van der Waals surface area contributed by atoms with Crippen LogP contribution in [0, 0.1) is 0 Å². The fourth-order valence-corrected chi connectivity index (χ4v) is 4.66. The van der Waals surface area contributed by atoms with Gasteiger partial charge in [0.25, 0.3) is 5.91 Å². The van der Waals surface area contributed by atoms with Crippen LogP contribution in [-0.2, 0) is 26.0 Å². The molecule has 10 heteroatoms. The van der Waals surface area contributed by atoms with Gasteiger partial charge in [0.05, 0.1) is 6.26 Å². The first-order chi connectivity index (χ1) is 14.8. The number of anilines is 2. The predicted molar refractivity (Wildman–Crippen MR) is 122 cm³/mol. The maximum Gasteiger partial charge on any atom is 0.348 e. The van der Waals surface area contributed by atoms with E-state index >= 15 is 0 Å². The van der Waals surface area contributed by atoms with Crippen LogP contribution in [0.3, 0.4) is 0 Å². The number of hydrogen-bond acceptors (Lipinski definition) is 7. The second-order valence-corrected chi connectivity index (χ2v) is 10.4. The lowest BCUT2D eigenvalue weighted by molar-refractivity contribution is -0.119. The van der Waals surface area contributed by atoms with Gasteiger partial charge in [-0.25, -0.2) is 17.9 Å². The lowest BCUT2D eigenvalue weighted by atomic mass is 10.1. The third-order valence-corrected chi connectivity index (χ3v) is 6.66. The van der Waals surface area contributed by atoms with Crippen LogP contribution < -0.4 is 14.9 Å². The number of benzene rings is 1. The summed E-state index contributed by atoms with van der Waals surface area (Å²) in [5, 5.41) is 2.73. The van der Waals surface area contributed by atoms with E-state index in [2.05, 4.69) is 14.9 Å². The molecule has 1 aromatic heterocycles. The largest absolute Gasteiger partial charge is 0.451 e. The minimum Gasteiger partial charge on any atom is -0.451 e. The first-order valence-corrected chi connectivity index (χ1v) is 12.9. The first kappa shape index (κ1) is 23.2. The second kappa shape index (κ2) is 10.7. The molecule has 1 aliphatic heterocycles. The summed E-state index contributed by atoms with van der Waals surface area (Å²) in [7, 11) is -3.24. The topological polar surface area (TPSA) is 105 Å². The van der Waals surface area contributed by atoms with Crippen molar-refractivity contribution in [3.8, 4) is 0 Å². The quantitative estimate of drug-likeness (QED) is 0.552. The molecule has 1 amide bonds. The lowest BCUT2D eigenvalue weighted by Gasteiger charge is -2.28. The molecule has 0 spiro atoms. The number of piperidine rings is 1. The van der Waals surface area contributed by atoms with E-state index in [0.29, 0.717) is 17.0 Å². The fourth-order valence-electron chi connectivity index (χ4n) is 3.29. The normalized spacial score (nSPS) is 14.3. The van der Waals surface area contributed by atoms with Gasteiger partial charge in [-0.05, 0) is 62.1 Å². The minimum absolute atomic E-state index is 0.257. The molecule has 1 fully saturated rings. The lowest BCUT2D eigenvalue weighted by Crippen LogP contribution is -2.29. The van der Waals surface area contributed by atoms with Gasteiger partial charge >= 0.3 is 5.97 Å². The van der Waals surface area contributed by atoms with Crippen LogP contribution in [0.2, 0.25) is 0 Å². The molecular formula is C21H27N3O5S2. The maximum atomic E-state index is 12.2. The number of ether oxygens (including phenoxy) is 1. The van der Waals surface area contributed by atoms with Crippen molar-refractivity contribution in [2.45, 2.75) is 25.7 Å². The van der Waals surface area contributed by atoms with Gasteiger partial charge in [-0.1, -0.05) is 0 Å². The van der Waals surface area contributed by atoms with Gasteiger partial charge in [-0.3, -0.25) is 4.79 Å². The summed E-state index contributed by atoms with van der Waals surface area (Å²) in [4.78, 5) is 27.8. The van der Waals surface area contributed by atoms with Crippen LogP contribution in [-0.4, -0.2) is 52.8 Å². The van der Waals surface area contributed by atoms with Crippen molar-refractivity contribution in [1.82, 2.24) is 4.72 Å². The summed E-state index contributed by atoms with van der Waals surface area (Å²) >= 11 is 1.22. The number of nitrogens with one attached hydrogen (secondary N) is 2. The van der Waals surface area contributed by atoms with E-state index in [0.717, 1.165) is 29.9 Å². The Hall–Kier alpha value is -2.43. The zero-order valence-corrected chi connectivity index (χ0v) is 19.1. The van der Waals surface area contributed by atoms with Crippen LogP contribution in [0.25, 0.3) is 0 Å². The Labute approximate surface area is 186 Å². The Morgan fingerprint density at radius 2 is 1.77 bits per heavy atom.